The molecule has 4 aromatic carbocycles. The number of benzene rings is 4. The van der Waals surface area contributed by atoms with Gasteiger partial charge in [-0.2, -0.15) is 4.31 Å². The molecule has 2 saturated heterocycles. The van der Waals surface area contributed by atoms with E-state index in [4.69, 9.17) is 39.0 Å². The van der Waals surface area contributed by atoms with Gasteiger partial charge < -0.3 is 26.2 Å². The molecule has 2 aliphatic heterocycles. The van der Waals surface area contributed by atoms with Gasteiger partial charge in [0.2, 0.25) is 10.0 Å². The zero-order chi connectivity index (χ0) is 39.2. The lowest BCUT2D eigenvalue weighted by Gasteiger charge is -2.34. The molecule has 292 valence electrons. The Morgan fingerprint density at radius 3 is 1.41 bits per heavy atom. The van der Waals surface area contributed by atoms with Gasteiger partial charge in [0.15, 0.2) is 0 Å². The first-order valence-corrected chi connectivity index (χ1v) is 19.4. The molecule has 0 atom stereocenters. The fraction of sp³-hybridized carbons (Fsp3) is 0.188. The van der Waals surface area contributed by atoms with Gasteiger partial charge in [0.05, 0.1) is 22.3 Å². The van der Waals surface area contributed by atoms with Crippen molar-refractivity contribution < 1.29 is 54.2 Å². The smallest absolute Gasteiger partial charge is 0.264 e. The maximum atomic E-state index is 14.0. The highest BCUT2D eigenvalue weighted by Crippen LogP contribution is 2.27. The van der Waals surface area contributed by atoms with Gasteiger partial charge in [-0.25, -0.2) is 34.4 Å². The summed E-state index contributed by atoms with van der Waals surface area (Å²) in [6, 6.07) is 12.6. The molecular weight excluding hydrogens is 850 g/mol. The van der Waals surface area contributed by atoms with Crippen LogP contribution in [0.5, 0.6) is 0 Å². The van der Waals surface area contributed by atoms with Crippen molar-refractivity contribution in [2.45, 2.75) is 22.0 Å². The van der Waals surface area contributed by atoms with Crippen LogP contribution in [0.2, 0.25) is 10.0 Å². The number of carbonyl (C=O) groups is 2. The number of carbonyl (C=O) groups excluding carboxylic acids is 2. The van der Waals surface area contributed by atoms with Crippen LogP contribution in [0.25, 0.3) is 0 Å². The Balaban J connectivity index is 0.000000255. The Hall–Kier alpha value is -3.56. The van der Waals surface area contributed by atoms with Crippen molar-refractivity contribution in [2.75, 3.05) is 36.8 Å². The topological polar surface area (TPSA) is 182 Å². The summed E-state index contributed by atoms with van der Waals surface area (Å²) in [7, 11) is -3.41. The van der Waals surface area contributed by atoms with Crippen LogP contribution in [0.15, 0.2) is 82.6 Å². The van der Waals surface area contributed by atoms with Crippen LogP contribution in [0.4, 0.5) is 28.9 Å². The number of hydrogen-bond acceptors (Lipinski definition) is 9. The minimum Gasteiger partial charge on any atom is -0.390 e. The molecule has 0 saturated carbocycles. The predicted molar refractivity (Wildman–Crippen MR) is 195 cm³/mol. The van der Waals surface area contributed by atoms with E-state index in [9.17, 15) is 49.1 Å². The second kappa shape index (κ2) is 18.9. The Kier molecular flexibility index (Phi) is 15.7. The maximum Gasteiger partial charge on any atom is 0.264 e. The van der Waals surface area contributed by atoms with E-state index in [0.29, 0.717) is 0 Å². The van der Waals surface area contributed by atoms with Crippen LogP contribution in [0, 0.1) is 23.3 Å². The lowest BCUT2D eigenvalue weighted by atomic mass is 10.2. The van der Waals surface area contributed by atoms with E-state index in [-0.39, 0.29) is 64.1 Å². The number of nitrogens with zero attached hydrogens (tertiary/aromatic N) is 1. The lowest BCUT2D eigenvalue weighted by Crippen LogP contribution is -2.53. The monoisotopic (exact) mass is 876 g/mol. The van der Waals surface area contributed by atoms with Crippen LogP contribution in [0.1, 0.15) is 20.7 Å². The summed E-state index contributed by atoms with van der Waals surface area (Å²) in [5.74, 6) is -4.84. The highest BCUT2D eigenvalue weighted by molar-refractivity contribution is 8.13. The highest BCUT2D eigenvalue weighted by Gasteiger charge is 2.37. The number of sulfonamides is 1. The number of halogens is 8. The van der Waals surface area contributed by atoms with E-state index in [1.54, 1.807) is 0 Å². The quantitative estimate of drug-likeness (QED) is 0.120. The zero-order valence-corrected chi connectivity index (χ0v) is 31.8. The van der Waals surface area contributed by atoms with Gasteiger partial charge in [-0.15, -0.1) is 12.4 Å². The normalized spacial score (nSPS) is 14.5. The molecule has 12 nitrogen and oxygen atoms in total. The fourth-order valence-electron chi connectivity index (χ4n) is 4.25. The highest BCUT2D eigenvalue weighted by atomic mass is 35.7. The molecule has 22 heteroatoms. The van der Waals surface area contributed by atoms with Crippen LogP contribution in [-0.2, 0) is 19.1 Å². The Morgan fingerprint density at radius 2 is 1.06 bits per heavy atom. The molecule has 2 amide bonds. The molecule has 4 aromatic rings. The molecule has 0 aliphatic carbocycles. The largest absolute Gasteiger partial charge is 0.390 e. The Bertz CT molecular complexity index is 2250. The van der Waals surface area contributed by atoms with Crippen molar-refractivity contribution in [1.82, 2.24) is 9.62 Å². The fourth-order valence-corrected chi connectivity index (χ4v) is 7.14. The van der Waals surface area contributed by atoms with Crippen molar-refractivity contribution in [3.63, 3.8) is 0 Å². The summed E-state index contributed by atoms with van der Waals surface area (Å²) in [6.07, 6.45) is -0.836. The standard InChI is InChI=1S/C16H13ClF2N2O4S.C13H7Cl2F2NO3S.C3H7NO.ClH/c17-12-6-10(2-4-13(12)18)20-16(23)9-1-3-14(19)15(5-9)26(24,25)21-7-11(22)8-21;14-9-6-8(2-4-10(9)16)18-13(19)7-1-3-11(17)12(5-7)22(15,20)21;5-3-1-4-2-3;/h1-6,11,22H,7-8H2,(H,20,23);1-6H,(H,18,19);3-5H,1-2H2;1H. The van der Waals surface area contributed by atoms with E-state index in [1.807, 2.05) is 0 Å². The molecule has 0 spiro atoms. The molecule has 0 bridgehead atoms. The molecule has 2 heterocycles. The van der Waals surface area contributed by atoms with Gasteiger partial charge in [0, 0.05) is 59.4 Å². The maximum absolute atomic E-state index is 14.0. The summed E-state index contributed by atoms with van der Waals surface area (Å²) in [4.78, 5) is 22.8. The molecule has 6 rings (SSSR count). The molecular formula is C32H28Cl4F4N4O8S2. The SMILES string of the molecule is Cl.O=C(Nc1ccc(F)c(Cl)c1)c1ccc(F)c(S(=O)(=O)Cl)c1.O=C(Nc1ccc(F)c(Cl)c1)c1ccc(F)c(S(=O)(=O)N2CC(O)C2)c1.OC1CNC1. The van der Waals surface area contributed by atoms with Crippen LogP contribution in [0.3, 0.4) is 0 Å². The van der Waals surface area contributed by atoms with Crippen molar-refractivity contribution in [3.8, 4) is 0 Å². The number of anilines is 2. The number of β-amino-alcohol motifs (C(OH)–C–C–N with tert-alkyl or cyclic N) is 2. The molecule has 0 radical (unpaired) electrons. The summed E-state index contributed by atoms with van der Waals surface area (Å²) in [5.41, 5.74) is 0.143. The number of aliphatic hydroxyl groups excluding tert-OH is 2. The van der Waals surface area contributed by atoms with Crippen molar-refractivity contribution in [1.29, 1.82) is 0 Å². The van der Waals surface area contributed by atoms with Gasteiger partial charge in [0.1, 0.15) is 33.1 Å². The number of rotatable bonds is 7. The Labute approximate surface area is 326 Å². The van der Waals surface area contributed by atoms with E-state index >= 15 is 0 Å². The minimum atomic E-state index is -4.33. The van der Waals surface area contributed by atoms with Crippen molar-refractivity contribution in [3.05, 3.63) is 117 Å². The second-order valence-corrected chi connectivity index (χ2v) is 16.4. The summed E-state index contributed by atoms with van der Waals surface area (Å²) in [6.45, 7) is 1.32. The van der Waals surface area contributed by atoms with Crippen LogP contribution < -0.4 is 16.0 Å². The van der Waals surface area contributed by atoms with Gasteiger partial charge in [0.25, 0.3) is 20.9 Å². The first-order chi connectivity index (χ1) is 24.8. The van der Waals surface area contributed by atoms with Gasteiger partial charge in [-0.1, -0.05) is 23.2 Å². The van der Waals surface area contributed by atoms with Crippen LogP contribution in [-0.4, -0.2) is 81.6 Å². The third-order valence-electron chi connectivity index (χ3n) is 7.21. The first kappa shape index (κ1) is 44.8. The summed E-state index contributed by atoms with van der Waals surface area (Å²) in [5, 5.41) is 25.0. The number of aliphatic hydroxyl groups is 2. The van der Waals surface area contributed by atoms with Crippen molar-refractivity contribution in [2.24, 2.45) is 0 Å². The van der Waals surface area contributed by atoms with E-state index in [0.717, 1.165) is 65.9 Å². The molecule has 0 aromatic heterocycles. The van der Waals surface area contributed by atoms with Crippen molar-refractivity contribution >= 4 is 88.6 Å². The second-order valence-electron chi connectivity index (χ2n) is 11.2. The molecule has 54 heavy (non-hydrogen) atoms. The summed E-state index contributed by atoms with van der Waals surface area (Å²) >= 11 is 11.2. The van der Waals surface area contributed by atoms with Gasteiger partial charge in [-0.3, -0.25) is 9.59 Å². The number of nitrogens with one attached hydrogen (secondary N) is 3. The first-order valence-electron chi connectivity index (χ1n) is 14.9. The average molecular weight is 879 g/mol. The third-order valence-corrected chi connectivity index (χ3v) is 11.0. The minimum absolute atomic E-state index is 0. The van der Waals surface area contributed by atoms with Crippen LogP contribution >= 0.6 is 46.3 Å². The third kappa shape index (κ3) is 11.7. The molecule has 5 N–H and O–H groups in total. The summed E-state index contributed by atoms with van der Waals surface area (Å²) < 4.78 is 102. The molecule has 2 aliphatic rings. The van der Waals surface area contributed by atoms with E-state index in [2.05, 4.69) is 16.0 Å². The number of amides is 2. The van der Waals surface area contributed by atoms with Gasteiger partial charge >= 0.3 is 0 Å². The average Bonchev–Trinajstić information content (AvgIpc) is 3.06. The predicted octanol–water partition coefficient (Wildman–Crippen LogP) is 5.41. The molecule has 2 fully saturated rings. The Morgan fingerprint density at radius 1 is 0.667 bits per heavy atom. The van der Waals surface area contributed by atoms with Gasteiger partial charge in [-0.05, 0) is 72.8 Å². The zero-order valence-electron chi connectivity index (χ0n) is 27.1. The number of hydrogen-bond donors (Lipinski definition) is 5. The lowest BCUT2D eigenvalue weighted by molar-refractivity contribution is 0.0546. The molecule has 0 unspecified atom stereocenters. The van der Waals surface area contributed by atoms with E-state index in [1.165, 1.54) is 24.3 Å². The van der Waals surface area contributed by atoms with E-state index < -0.39 is 70.1 Å².